The maximum Gasteiger partial charge on any atom is 0.229 e. The van der Waals surface area contributed by atoms with E-state index in [2.05, 4.69) is 21.2 Å². The SMILES string of the molecule is Cl.NC1C2CCC(C2)C1C(=O)Nc1ccc(Br)cc1F. The second-order valence-corrected chi connectivity index (χ2v) is 6.47. The Kier molecular flexibility index (Phi) is 4.72. The molecule has 2 saturated carbocycles. The molecule has 4 atom stereocenters. The van der Waals surface area contributed by atoms with Crippen LogP contribution < -0.4 is 11.1 Å². The summed E-state index contributed by atoms with van der Waals surface area (Å²) in [6.45, 7) is 0. The third-order valence-corrected chi connectivity index (χ3v) is 4.97. The number of hydrogen-bond acceptors (Lipinski definition) is 2. The molecule has 0 radical (unpaired) electrons. The Balaban J connectivity index is 0.00000147. The lowest BCUT2D eigenvalue weighted by atomic mass is 9.84. The van der Waals surface area contributed by atoms with E-state index in [1.54, 1.807) is 12.1 Å². The summed E-state index contributed by atoms with van der Waals surface area (Å²) in [5.74, 6) is 0.108. The molecule has 20 heavy (non-hydrogen) atoms. The van der Waals surface area contributed by atoms with Crippen LogP contribution in [0.15, 0.2) is 22.7 Å². The molecule has 0 heterocycles. The number of carbonyl (C=O) groups excluding carboxylic acids is 1. The van der Waals surface area contributed by atoms with Gasteiger partial charge in [-0.15, -0.1) is 12.4 Å². The van der Waals surface area contributed by atoms with E-state index in [1.807, 2.05) is 0 Å². The maximum atomic E-state index is 13.7. The van der Waals surface area contributed by atoms with E-state index in [4.69, 9.17) is 5.73 Å². The van der Waals surface area contributed by atoms with Crippen molar-refractivity contribution >= 4 is 39.9 Å². The van der Waals surface area contributed by atoms with Crippen LogP contribution in [0.1, 0.15) is 19.3 Å². The Labute approximate surface area is 132 Å². The molecule has 1 aromatic carbocycles. The van der Waals surface area contributed by atoms with Crippen molar-refractivity contribution in [2.24, 2.45) is 23.5 Å². The highest BCUT2D eigenvalue weighted by atomic mass is 79.9. The van der Waals surface area contributed by atoms with Gasteiger partial charge in [-0.25, -0.2) is 4.39 Å². The molecule has 0 spiro atoms. The quantitative estimate of drug-likeness (QED) is 0.847. The van der Waals surface area contributed by atoms with Crippen molar-refractivity contribution in [1.29, 1.82) is 0 Å². The number of fused-ring (bicyclic) bond motifs is 2. The van der Waals surface area contributed by atoms with Crippen molar-refractivity contribution in [3.05, 3.63) is 28.5 Å². The average Bonchev–Trinajstić information content (AvgIpc) is 2.93. The second kappa shape index (κ2) is 6.00. The minimum absolute atomic E-state index is 0. The lowest BCUT2D eigenvalue weighted by Gasteiger charge is -2.27. The van der Waals surface area contributed by atoms with Crippen molar-refractivity contribution in [2.75, 3.05) is 5.32 Å². The first-order valence-corrected chi connectivity index (χ1v) is 7.37. The average molecular weight is 364 g/mol. The van der Waals surface area contributed by atoms with Gasteiger partial charge in [0.2, 0.25) is 5.91 Å². The van der Waals surface area contributed by atoms with Crippen LogP contribution in [0.2, 0.25) is 0 Å². The van der Waals surface area contributed by atoms with Crippen molar-refractivity contribution in [2.45, 2.75) is 25.3 Å². The van der Waals surface area contributed by atoms with Gasteiger partial charge >= 0.3 is 0 Å². The van der Waals surface area contributed by atoms with Crippen LogP contribution in [0.25, 0.3) is 0 Å². The van der Waals surface area contributed by atoms with Gasteiger partial charge < -0.3 is 11.1 Å². The number of benzene rings is 1. The summed E-state index contributed by atoms with van der Waals surface area (Å²) in [5.41, 5.74) is 6.34. The summed E-state index contributed by atoms with van der Waals surface area (Å²) in [6, 6.07) is 4.54. The Bertz CT molecular complexity index is 526. The predicted octanol–water partition coefficient (Wildman–Crippen LogP) is 3.32. The van der Waals surface area contributed by atoms with Gasteiger partial charge in [-0.05, 0) is 49.3 Å². The largest absolute Gasteiger partial charge is 0.327 e. The first-order valence-electron chi connectivity index (χ1n) is 6.58. The Hall–Kier alpha value is -0.650. The molecule has 2 aliphatic carbocycles. The van der Waals surface area contributed by atoms with E-state index in [0.29, 0.717) is 16.3 Å². The molecule has 0 saturated heterocycles. The molecule has 2 fully saturated rings. The van der Waals surface area contributed by atoms with Gasteiger partial charge in [0.1, 0.15) is 5.82 Å². The molecule has 1 aromatic rings. The fraction of sp³-hybridized carbons (Fsp3) is 0.500. The van der Waals surface area contributed by atoms with E-state index in [1.165, 1.54) is 6.07 Å². The number of nitrogens with one attached hydrogen (secondary N) is 1. The number of nitrogens with two attached hydrogens (primary N) is 1. The molecule has 3 N–H and O–H groups in total. The fourth-order valence-electron chi connectivity index (χ4n) is 3.53. The van der Waals surface area contributed by atoms with E-state index < -0.39 is 5.82 Å². The normalized spacial score (nSPS) is 30.9. The van der Waals surface area contributed by atoms with E-state index in [0.717, 1.165) is 19.3 Å². The zero-order chi connectivity index (χ0) is 13.6. The summed E-state index contributed by atoms with van der Waals surface area (Å²) in [5, 5.41) is 2.68. The maximum absolute atomic E-state index is 13.7. The molecule has 1 amide bonds. The van der Waals surface area contributed by atoms with Crippen LogP contribution in [-0.2, 0) is 4.79 Å². The van der Waals surface area contributed by atoms with Crippen molar-refractivity contribution in [3.8, 4) is 0 Å². The van der Waals surface area contributed by atoms with Gasteiger partial charge in [-0.1, -0.05) is 15.9 Å². The molecule has 3 rings (SSSR count). The van der Waals surface area contributed by atoms with Crippen molar-refractivity contribution in [1.82, 2.24) is 0 Å². The van der Waals surface area contributed by atoms with Gasteiger partial charge in [-0.3, -0.25) is 4.79 Å². The second-order valence-electron chi connectivity index (χ2n) is 5.55. The predicted molar refractivity (Wildman–Crippen MR) is 82.3 cm³/mol. The summed E-state index contributed by atoms with van der Waals surface area (Å²) in [7, 11) is 0. The number of halogens is 3. The topological polar surface area (TPSA) is 55.1 Å². The van der Waals surface area contributed by atoms with Gasteiger partial charge in [0.15, 0.2) is 0 Å². The summed E-state index contributed by atoms with van der Waals surface area (Å²) in [6.07, 6.45) is 3.24. The molecule has 0 aromatic heterocycles. The molecule has 110 valence electrons. The van der Waals surface area contributed by atoms with E-state index in [-0.39, 0.29) is 36.0 Å². The van der Waals surface area contributed by atoms with Crippen LogP contribution in [0.3, 0.4) is 0 Å². The van der Waals surface area contributed by atoms with Crippen molar-refractivity contribution in [3.63, 3.8) is 0 Å². The Morgan fingerprint density at radius 1 is 1.35 bits per heavy atom. The number of carbonyl (C=O) groups is 1. The highest BCUT2D eigenvalue weighted by Gasteiger charge is 2.49. The van der Waals surface area contributed by atoms with E-state index >= 15 is 0 Å². The number of rotatable bonds is 2. The van der Waals surface area contributed by atoms with E-state index in [9.17, 15) is 9.18 Å². The molecular weight excluding hydrogens is 347 g/mol. The zero-order valence-electron chi connectivity index (χ0n) is 10.8. The highest BCUT2D eigenvalue weighted by Crippen LogP contribution is 2.47. The van der Waals surface area contributed by atoms with Gasteiger partial charge in [0, 0.05) is 10.5 Å². The van der Waals surface area contributed by atoms with Crippen LogP contribution >= 0.6 is 28.3 Å². The Morgan fingerprint density at radius 3 is 2.65 bits per heavy atom. The standard InChI is InChI=1S/C14H16BrFN2O.ClH/c15-9-3-4-11(10(16)6-9)18-14(19)12-7-1-2-8(5-7)13(12)17;/h3-4,6-8,12-13H,1-2,5,17H2,(H,18,19);1H. The molecule has 4 unspecified atom stereocenters. The van der Waals surface area contributed by atoms with Crippen LogP contribution in [0, 0.1) is 23.6 Å². The molecular formula is C14H17BrClFN2O. The monoisotopic (exact) mass is 362 g/mol. The summed E-state index contributed by atoms with van der Waals surface area (Å²) in [4.78, 5) is 12.3. The molecule has 2 bridgehead atoms. The fourth-order valence-corrected chi connectivity index (χ4v) is 3.86. The molecule has 2 aliphatic rings. The highest BCUT2D eigenvalue weighted by molar-refractivity contribution is 9.10. The van der Waals surface area contributed by atoms with Gasteiger partial charge in [0.25, 0.3) is 0 Å². The number of hydrogen-bond donors (Lipinski definition) is 2. The molecule has 6 heteroatoms. The minimum atomic E-state index is -0.431. The third kappa shape index (κ3) is 2.71. The summed E-state index contributed by atoms with van der Waals surface area (Å²) >= 11 is 3.19. The number of anilines is 1. The van der Waals surface area contributed by atoms with Gasteiger partial charge in [0.05, 0.1) is 11.6 Å². The lowest BCUT2D eigenvalue weighted by Crippen LogP contribution is -2.42. The zero-order valence-corrected chi connectivity index (χ0v) is 13.2. The molecule has 0 aliphatic heterocycles. The first-order chi connectivity index (χ1) is 9.06. The number of amides is 1. The van der Waals surface area contributed by atoms with Crippen molar-refractivity contribution < 1.29 is 9.18 Å². The lowest BCUT2D eigenvalue weighted by molar-refractivity contribution is -0.121. The molecule has 3 nitrogen and oxygen atoms in total. The first kappa shape index (κ1) is 15.7. The van der Waals surface area contributed by atoms with Gasteiger partial charge in [-0.2, -0.15) is 0 Å². The van der Waals surface area contributed by atoms with Crippen LogP contribution in [-0.4, -0.2) is 11.9 Å². The smallest absolute Gasteiger partial charge is 0.229 e. The summed E-state index contributed by atoms with van der Waals surface area (Å²) < 4.78 is 14.4. The Morgan fingerprint density at radius 2 is 2.05 bits per heavy atom. The van der Waals surface area contributed by atoms with Crippen LogP contribution in [0.4, 0.5) is 10.1 Å². The third-order valence-electron chi connectivity index (χ3n) is 4.47. The minimum Gasteiger partial charge on any atom is -0.327 e. The van der Waals surface area contributed by atoms with Crippen LogP contribution in [0.5, 0.6) is 0 Å².